The van der Waals surface area contributed by atoms with Gasteiger partial charge >= 0.3 is 127 Å². The van der Waals surface area contributed by atoms with Crippen LogP contribution in [0.2, 0.25) is 39.3 Å². The van der Waals surface area contributed by atoms with Crippen LogP contribution in [0.5, 0.6) is 0 Å². The van der Waals surface area contributed by atoms with E-state index in [1.54, 1.807) is 0 Å². The summed E-state index contributed by atoms with van der Waals surface area (Å²) in [7, 11) is -3.52. The quantitative estimate of drug-likeness (QED) is 0.552. The molecule has 0 aliphatic heterocycles. The number of hydrogen-bond donors (Lipinski definition) is 0. The molecule has 0 spiro atoms. The van der Waals surface area contributed by atoms with Gasteiger partial charge in [0.15, 0.2) is 0 Å². The topological polar surface area (TPSA) is 36.9 Å². The molecule has 19 heavy (non-hydrogen) atoms. The third kappa shape index (κ3) is 10.4. The van der Waals surface area contributed by atoms with Crippen molar-refractivity contribution in [1.29, 1.82) is 0 Å². The first-order valence-electron chi connectivity index (χ1n) is 7.22. The van der Waals surface area contributed by atoms with E-state index in [0.717, 1.165) is 12.8 Å². The van der Waals surface area contributed by atoms with E-state index in [9.17, 15) is 0 Å². The van der Waals surface area contributed by atoms with Crippen LogP contribution in [0.3, 0.4) is 0 Å². The Bertz CT molecular complexity index is 225. The van der Waals surface area contributed by atoms with Crippen molar-refractivity contribution in [1.82, 2.24) is 0 Å². The second-order valence-electron chi connectivity index (χ2n) is 6.63. The summed E-state index contributed by atoms with van der Waals surface area (Å²) in [5.74, 6) is 0. The molecular weight excluding hydrogens is 312 g/mol. The van der Waals surface area contributed by atoms with E-state index in [0.29, 0.717) is 13.2 Å². The van der Waals surface area contributed by atoms with E-state index in [4.69, 9.17) is 12.7 Å². The Hall–Kier alpha value is 0.988. The Kier molecular flexibility index (Phi) is 8.87. The summed E-state index contributed by atoms with van der Waals surface area (Å²) in [4.78, 5) is 0. The second-order valence-corrected chi connectivity index (χ2v) is 19.9. The van der Waals surface area contributed by atoms with Gasteiger partial charge in [0.25, 0.3) is 0 Å². The number of hydrogen-bond acceptors (Lipinski definition) is 4. The average molecular weight is 344 g/mol. The summed E-state index contributed by atoms with van der Waals surface area (Å²) in [6.07, 6.45) is 1.90. The summed E-state index contributed by atoms with van der Waals surface area (Å²) in [6, 6.07) is 0. The molecule has 0 saturated heterocycles. The first-order valence-corrected chi connectivity index (χ1v) is 16.6. The van der Waals surface area contributed by atoms with Crippen LogP contribution in [-0.2, 0) is 30.8 Å². The molecule has 0 N–H and O–H groups in total. The fourth-order valence-corrected chi connectivity index (χ4v) is 13.6. The summed E-state index contributed by atoms with van der Waals surface area (Å²) in [5, 5.41) is 0. The molecule has 7 heteroatoms. The SMILES string of the molecule is CCC[O][Ti]([O]CCC)([O][Si](C)(C)C)[O][Si](C)(C)C. The van der Waals surface area contributed by atoms with E-state index in [1.165, 1.54) is 0 Å². The zero-order valence-electron chi connectivity index (χ0n) is 14.0. The molecule has 0 fully saturated rings. The third-order valence-corrected chi connectivity index (χ3v) is 13.4. The standard InChI is InChI=1S/2C3H9OSi.2C3H7O.Ti/c2*1-5(2,3)4;2*1-2-3-4;/h2*1-3H3;2*2-3H2,1H3;/q4*-1;+4. The van der Waals surface area contributed by atoms with Gasteiger partial charge in [-0.25, -0.2) is 0 Å². The summed E-state index contributed by atoms with van der Waals surface area (Å²) in [6.45, 7) is 18.4. The molecule has 0 atom stereocenters. The summed E-state index contributed by atoms with van der Waals surface area (Å²) in [5.41, 5.74) is 0. The molecule has 4 nitrogen and oxygen atoms in total. The first-order chi connectivity index (χ1) is 8.54. The van der Waals surface area contributed by atoms with Crippen LogP contribution in [0.15, 0.2) is 0 Å². The third-order valence-electron chi connectivity index (χ3n) is 1.83. The monoisotopic (exact) mass is 344 g/mol. The van der Waals surface area contributed by atoms with Crippen molar-refractivity contribution < 1.29 is 30.8 Å². The van der Waals surface area contributed by atoms with Crippen molar-refractivity contribution in [2.45, 2.75) is 66.0 Å². The first kappa shape index (κ1) is 20.0. The predicted octanol–water partition coefficient (Wildman–Crippen LogP) is 4.36. The van der Waals surface area contributed by atoms with E-state index < -0.39 is 34.8 Å². The molecule has 116 valence electrons. The molecule has 0 aromatic heterocycles. The van der Waals surface area contributed by atoms with Crippen molar-refractivity contribution in [3.8, 4) is 0 Å². The van der Waals surface area contributed by atoms with Crippen molar-refractivity contribution in [3.63, 3.8) is 0 Å². The van der Waals surface area contributed by atoms with Gasteiger partial charge in [-0.05, 0) is 0 Å². The zero-order chi connectivity index (χ0) is 15.2. The van der Waals surface area contributed by atoms with Gasteiger partial charge in [0.1, 0.15) is 0 Å². The van der Waals surface area contributed by atoms with Crippen LogP contribution in [0.25, 0.3) is 0 Å². The fourth-order valence-electron chi connectivity index (χ4n) is 1.38. The molecule has 0 aliphatic carbocycles. The number of rotatable bonds is 10. The van der Waals surface area contributed by atoms with Crippen molar-refractivity contribution in [2.24, 2.45) is 0 Å². The Balaban J connectivity index is 5.06. The van der Waals surface area contributed by atoms with Gasteiger partial charge in [0, 0.05) is 0 Å². The fraction of sp³-hybridized carbons (Fsp3) is 1.00. The van der Waals surface area contributed by atoms with Gasteiger partial charge in [-0.1, -0.05) is 0 Å². The summed E-state index contributed by atoms with van der Waals surface area (Å²) >= 11 is -3.57. The maximum atomic E-state index is 6.30. The minimum atomic E-state index is -3.57. The van der Waals surface area contributed by atoms with E-state index in [1.807, 2.05) is 0 Å². The van der Waals surface area contributed by atoms with Crippen molar-refractivity contribution in [2.75, 3.05) is 13.2 Å². The Morgan fingerprint density at radius 1 is 0.684 bits per heavy atom. The Labute approximate surface area is 126 Å². The van der Waals surface area contributed by atoms with Gasteiger partial charge in [-0.2, -0.15) is 0 Å². The van der Waals surface area contributed by atoms with Gasteiger partial charge in [-0.3, -0.25) is 0 Å². The molecular formula is C12H32O4Si2Ti. The Morgan fingerprint density at radius 3 is 1.21 bits per heavy atom. The summed E-state index contributed by atoms with van der Waals surface area (Å²) < 4.78 is 24.6. The zero-order valence-corrected chi connectivity index (χ0v) is 17.5. The average Bonchev–Trinajstić information content (AvgIpc) is 2.19. The van der Waals surface area contributed by atoms with E-state index in [-0.39, 0.29) is 0 Å². The molecule has 0 unspecified atom stereocenters. The molecule has 0 radical (unpaired) electrons. The normalized spacial score (nSPS) is 13.9. The van der Waals surface area contributed by atoms with Gasteiger partial charge in [-0.15, -0.1) is 0 Å². The van der Waals surface area contributed by atoms with Gasteiger partial charge < -0.3 is 0 Å². The minimum absolute atomic E-state index is 0.651. The molecule has 0 aliphatic rings. The molecule has 0 amide bonds. The van der Waals surface area contributed by atoms with Crippen molar-refractivity contribution >= 4 is 16.6 Å². The molecule has 0 heterocycles. The molecule has 0 rings (SSSR count). The predicted molar refractivity (Wildman–Crippen MR) is 81.3 cm³/mol. The van der Waals surface area contributed by atoms with E-state index in [2.05, 4.69) is 53.1 Å². The second kappa shape index (κ2) is 8.44. The molecule has 0 saturated carbocycles. The van der Waals surface area contributed by atoms with Crippen LogP contribution in [0.1, 0.15) is 26.7 Å². The van der Waals surface area contributed by atoms with Gasteiger partial charge in [0.05, 0.1) is 0 Å². The van der Waals surface area contributed by atoms with Crippen LogP contribution >= 0.6 is 0 Å². The Morgan fingerprint density at radius 2 is 1.00 bits per heavy atom. The van der Waals surface area contributed by atoms with E-state index >= 15 is 0 Å². The van der Waals surface area contributed by atoms with Crippen LogP contribution < -0.4 is 0 Å². The molecule has 0 aromatic rings. The molecule has 0 aromatic carbocycles. The maximum absolute atomic E-state index is 6.30. The van der Waals surface area contributed by atoms with Crippen LogP contribution in [-0.4, -0.2) is 29.8 Å². The van der Waals surface area contributed by atoms with Crippen molar-refractivity contribution in [3.05, 3.63) is 0 Å². The molecule has 0 bridgehead atoms. The van der Waals surface area contributed by atoms with Gasteiger partial charge in [0.2, 0.25) is 0 Å². The van der Waals surface area contributed by atoms with Crippen LogP contribution in [0.4, 0.5) is 0 Å². The van der Waals surface area contributed by atoms with Crippen LogP contribution in [0, 0.1) is 0 Å².